The van der Waals surface area contributed by atoms with E-state index in [0.717, 1.165) is 31.2 Å². The Morgan fingerprint density at radius 1 is 0.895 bits per heavy atom. The fourth-order valence-corrected chi connectivity index (χ4v) is 4.82. The summed E-state index contributed by atoms with van der Waals surface area (Å²) in [6.45, 7) is 3.62. The highest BCUT2D eigenvalue weighted by molar-refractivity contribution is 5.91. The molecule has 5 atom stereocenters. The van der Waals surface area contributed by atoms with E-state index in [1.54, 1.807) is 61.5 Å². The lowest BCUT2D eigenvalue weighted by molar-refractivity contribution is -0.145. The van der Waals surface area contributed by atoms with Crippen molar-refractivity contribution in [2.45, 2.75) is 64.8 Å². The second-order valence-electron chi connectivity index (χ2n) is 9.93. The molecule has 9 heteroatoms. The highest BCUT2D eigenvalue weighted by Crippen LogP contribution is 2.29. The molecule has 0 aliphatic heterocycles. The predicted molar refractivity (Wildman–Crippen MR) is 142 cm³/mol. The number of amides is 3. The second kappa shape index (κ2) is 14.2. The number of hydrogen-bond donors (Lipinski definition) is 4. The van der Waals surface area contributed by atoms with Crippen LogP contribution < -0.4 is 16.0 Å². The summed E-state index contributed by atoms with van der Waals surface area (Å²) in [6.07, 6.45) is 2.19. The summed E-state index contributed by atoms with van der Waals surface area (Å²) in [6, 6.07) is 16.4. The molecule has 0 radical (unpaired) electrons. The van der Waals surface area contributed by atoms with Crippen molar-refractivity contribution < 1.29 is 29.0 Å². The van der Waals surface area contributed by atoms with E-state index < -0.39 is 36.1 Å². The second-order valence-corrected chi connectivity index (χ2v) is 9.93. The Morgan fingerprint density at radius 3 is 2.11 bits per heavy atom. The Bertz CT molecular complexity index is 1080. The van der Waals surface area contributed by atoms with E-state index in [1.165, 1.54) is 0 Å². The lowest BCUT2D eigenvalue weighted by Gasteiger charge is -2.30. The molecule has 9 nitrogen and oxygen atoms in total. The van der Waals surface area contributed by atoms with E-state index in [4.69, 9.17) is 4.74 Å². The monoisotopic (exact) mass is 523 g/mol. The highest BCUT2D eigenvalue weighted by atomic mass is 16.5. The summed E-state index contributed by atoms with van der Waals surface area (Å²) in [5.41, 5.74) is 1.45. The van der Waals surface area contributed by atoms with Gasteiger partial charge in [0.2, 0.25) is 11.8 Å². The molecule has 4 N–H and O–H groups in total. The topological polar surface area (TPSA) is 134 Å². The standard InChI is InChI=1S/C29H37N3O6/c1-19-11-9-10-16-23(19)26(33)30-20(2)31-27(34)25(24(28(35)36)17-21-12-5-3-6-13-21)32-29(37)38-18-22-14-7-4-8-15-22/h3-8,12-15,19-20,23-25H,9-11,16-18H2,1-2H3,(H,30,33)(H,31,34)(H,32,37)(H,35,36)/t19?,20-,23?,24?,25+/m1/s1. The van der Waals surface area contributed by atoms with Gasteiger partial charge in [0.05, 0.1) is 12.1 Å². The van der Waals surface area contributed by atoms with Crippen LogP contribution in [0.15, 0.2) is 60.7 Å². The molecule has 0 heterocycles. The maximum absolute atomic E-state index is 13.3. The smallest absolute Gasteiger partial charge is 0.408 e. The van der Waals surface area contributed by atoms with E-state index in [2.05, 4.69) is 22.9 Å². The predicted octanol–water partition coefficient (Wildman–Crippen LogP) is 3.63. The lowest BCUT2D eigenvalue weighted by Crippen LogP contribution is -2.58. The Labute approximate surface area is 223 Å². The number of ether oxygens (including phenoxy) is 1. The van der Waals surface area contributed by atoms with Crippen molar-refractivity contribution in [2.24, 2.45) is 17.8 Å². The molecule has 1 fully saturated rings. The van der Waals surface area contributed by atoms with E-state index in [-0.39, 0.29) is 30.8 Å². The van der Waals surface area contributed by atoms with E-state index in [1.807, 2.05) is 6.07 Å². The Kier molecular flexibility index (Phi) is 10.7. The van der Waals surface area contributed by atoms with Crippen LogP contribution in [0, 0.1) is 17.8 Å². The summed E-state index contributed by atoms with van der Waals surface area (Å²) < 4.78 is 5.26. The van der Waals surface area contributed by atoms with Gasteiger partial charge in [-0.15, -0.1) is 0 Å². The van der Waals surface area contributed by atoms with Crippen LogP contribution in [0.2, 0.25) is 0 Å². The number of alkyl carbamates (subject to hydrolysis) is 1. The van der Waals surface area contributed by atoms with Crippen molar-refractivity contribution in [1.29, 1.82) is 0 Å². The first-order valence-electron chi connectivity index (χ1n) is 13.1. The quantitative estimate of drug-likeness (QED) is 0.333. The lowest BCUT2D eigenvalue weighted by atomic mass is 9.80. The summed E-state index contributed by atoms with van der Waals surface area (Å²) in [4.78, 5) is 51.0. The van der Waals surface area contributed by atoms with Gasteiger partial charge in [-0.1, -0.05) is 80.4 Å². The maximum Gasteiger partial charge on any atom is 0.408 e. The van der Waals surface area contributed by atoms with Gasteiger partial charge in [0.1, 0.15) is 12.6 Å². The molecule has 38 heavy (non-hydrogen) atoms. The van der Waals surface area contributed by atoms with Gasteiger partial charge in [-0.25, -0.2) is 4.79 Å². The van der Waals surface area contributed by atoms with Crippen LogP contribution in [-0.4, -0.2) is 41.2 Å². The first-order chi connectivity index (χ1) is 18.2. The minimum Gasteiger partial charge on any atom is -0.481 e. The Hall–Kier alpha value is -3.88. The molecule has 3 unspecified atom stereocenters. The fraction of sp³-hybridized carbons (Fsp3) is 0.448. The molecule has 1 aliphatic rings. The number of carboxylic acid groups (broad SMARTS) is 1. The SMILES string of the molecule is CC1CCCCC1C(=O)N[C@@H](C)NC(=O)[C@@H](NC(=O)OCc1ccccc1)C(Cc1ccccc1)C(=O)O. The van der Waals surface area contributed by atoms with Crippen LogP contribution in [0.1, 0.15) is 50.7 Å². The zero-order chi connectivity index (χ0) is 27.5. The van der Waals surface area contributed by atoms with Crippen molar-refractivity contribution in [1.82, 2.24) is 16.0 Å². The number of carboxylic acids is 1. The van der Waals surface area contributed by atoms with Gasteiger partial charge in [-0.05, 0) is 43.2 Å². The number of benzene rings is 2. The van der Waals surface area contributed by atoms with Gasteiger partial charge in [0.15, 0.2) is 0 Å². The fourth-order valence-electron chi connectivity index (χ4n) is 4.82. The van der Waals surface area contributed by atoms with Gasteiger partial charge in [-0.2, -0.15) is 0 Å². The van der Waals surface area contributed by atoms with Gasteiger partial charge in [-0.3, -0.25) is 14.4 Å². The highest BCUT2D eigenvalue weighted by Gasteiger charge is 2.37. The minimum absolute atomic E-state index is 0.00749. The van der Waals surface area contributed by atoms with E-state index in [9.17, 15) is 24.3 Å². The Balaban J connectivity index is 1.70. The van der Waals surface area contributed by atoms with E-state index in [0.29, 0.717) is 5.56 Å². The summed E-state index contributed by atoms with van der Waals surface area (Å²) >= 11 is 0. The first kappa shape index (κ1) is 28.7. The third-order valence-corrected chi connectivity index (χ3v) is 6.95. The van der Waals surface area contributed by atoms with Crippen LogP contribution in [0.25, 0.3) is 0 Å². The van der Waals surface area contributed by atoms with Gasteiger partial charge in [0, 0.05) is 5.92 Å². The minimum atomic E-state index is -1.44. The van der Waals surface area contributed by atoms with Crippen molar-refractivity contribution in [3.8, 4) is 0 Å². The third kappa shape index (κ3) is 8.61. The number of hydrogen-bond acceptors (Lipinski definition) is 5. The van der Waals surface area contributed by atoms with E-state index >= 15 is 0 Å². The molecule has 2 aromatic rings. The average molecular weight is 524 g/mol. The maximum atomic E-state index is 13.3. The molecule has 0 aromatic heterocycles. The van der Waals surface area contributed by atoms with Crippen LogP contribution in [0.5, 0.6) is 0 Å². The zero-order valence-corrected chi connectivity index (χ0v) is 21.9. The van der Waals surface area contributed by atoms with Crippen molar-refractivity contribution >= 4 is 23.9 Å². The van der Waals surface area contributed by atoms with Crippen LogP contribution in [-0.2, 0) is 32.1 Å². The third-order valence-electron chi connectivity index (χ3n) is 6.95. The number of nitrogens with one attached hydrogen (secondary N) is 3. The number of aliphatic carboxylic acids is 1. The molecule has 1 aliphatic carbocycles. The largest absolute Gasteiger partial charge is 0.481 e. The van der Waals surface area contributed by atoms with Gasteiger partial charge < -0.3 is 25.8 Å². The van der Waals surface area contributed by atoms with Gasteiger partial charge >= 0.3 is 12.1 Å². The summed E-state index contributed by atoms with van der Waals surface area (Å²) in [7, 11) is 0. The molecule has 1 saturated carbocycles. The van der Waals surface area contributed by atoms with Crippen LogP contribution in [0.3, 0.4) is 0 Å². The number of carbonyl (C=O) groups excluding carboxylic acids is 3. The number of rotatable bonds is 11. The Morgan fingerprint density at radius 2 is 1.50 bits per heavy atom. The van der Waals surface area contributed by atoms with Crippen molar-refractivity contribution in [2.75, 3.05) is 0 Å². The first-order valence-corrected chi connectivity index (χ1v) is 13.1. The number of carbonyl (C=O) groups is 4. The molecular formula is C29H37N3O6. The molecule has 204 valence electrons. The van der Waals surface area contributed by atoms with Crippen molar-refractivity contribution in [3.05, 3.63) is 71.8 Å². The van der Waals surface area contributed by atoms with Gasteiger partial charge in [0.25, 0.3) is 0 Å². The summed E-state index contributed by atoms with van der Waals surface area (Å²) in [5.74, 6) is -3.27. The molecule has 2 aromatic carbocycles. The molecule has 0 spiro atoms. The molecule has 0 saturated heterocycles. The summed E-state index contributed by atoms with van der Waals surface area (Å²) in [5, 5.41) is 17.9. The normalized spacial score (nSPS) is 19.3. The molecule has 3 rings (SSSR count). The zero-order valence-electron chi connectivity index (χ0n) is 21.9. The van der Waals surface area contributed by atoms with Crippen LogP contribution >= 0.6 is 0 Å². The molecular weight excluding hydrogens is 486 g/mol. The van der Waals surface area contributed by atoms with Crippen molar-refractivity contribution in [3.63, 3.8) is 0 Å². The molecule has 3 amide bonds. The molecule has 0 bridgehead atoms. The average Bonchev–Trinajstić information content (AvgIpc) is 2.90. The van der Waals surface area contributed by atoms with Crippen LogP contribution in [0.4, 0.5) is 4.79 Å².